The van der Waals surface area contributed by atoms with Crippen LogP contribution in [0.2, 0.25) is 5.02 Å². The molecule has 1 aliphatic rings. The van der Waals surface area contributed by atoms with Crippen LogP contribution in [0.15, 0.2) is 66.7 Å². The molecule has 0 saturated carbocycles. The summed E-state index contributed by atoms with van der Waals surface area (Å²) in [6.45, 7) is 2.00. The molecule has 0 aliphatic heterocycles. The molecular weight excluding hydrogens is 490 g/mol. The van der Waals surface area contributed by atoms with Gasteiger partial charge in [0.05, 0.1) is 12.6 Å². The van der Waals surface area contributed by atoms with E-state index in [0.717, 1.165) is 24.0 Å². The van der Waals surface area contributed by atoms with Crippen LogP contribution < -0.4 is 10.6 Å². The largest absolute Gasteiger partial charge is 0.465 e. The number of hydrogen-bond acceptors (Lipinski definition) is 4. The maximum atomic E-state index is 13.0. The first kappa shape index (κ1) is 26.2. The monoisotopic (exact) mass is 519 g/mol. The quantitative estimate of drug-likeness (QED) is 0.444. The van der Waals surface area contributed by atoms with Gasteiger partial charge in [-0.1, -0.05) is 66.2 Å². The number of carbonyl (C=O) groups is 3. The fourth-order valence-electron chi connectivity index (χ4n) is 4.55. The number of urea groups is 1. The van der Waals surface area contributed by atoms with Gasteiger partial charge in [0.25, 0.3) is 5.91 Å². The molecule has 0 spiro atoms. The lowest BCUT2D eigenvalue weighted by molar-refractivity contribution is -0.143. The number of nitrogens with one attached hydrogen (secondary N) is 2. The minimum absolute atomic E-state index is 0.152. The van der Waals surface area contributed by atoms with Crippen molar-refractivity contribution in [3.8, 4) is 0 Å². The van der Waals surface area contributed by atoms with Crippen LogP contribution in [-0.2, 0) is 28.9 Å². The molecule has 7 nitrogen and oxygen atoms in total. The number of amides is 3. The smallest absolute Gasteiger partial charge is 0.325 e. The van der Waals surface area contributed by atoms with Gasteiger partial charge < -0.3 is 20.3 Å². The molecule has 4 rings (SSSR count). The Morgan fingerprint density at radius 3 is 2.19 bits per heavy atom. The summed E-state index contributed by atoms with van der Waals surface area (Å²) in [7, 11) is 1.52. The predicted octanol–water partition coefficient (Wildman–Crippen LogP) is 4.66. The molecule has 3 aromatic carbocycles. The molecule has 0 fully saturated rings. The van der Waals surface area contributed by atoms with Crippen LogP contribution >= 0.6 is 11.6 Å². The summed E-state index contributed by atoms with van der Waals surface area (Å²) < 4.78 is 4.89. The molecule has 192 valence electrons. The minimum Gasteiger partial charge on any atom is -0.465 e. The summed E-state index contributed by atoms with van der Waals surface area (Å²) in [6.07, 6.45) is 1.84. The number of benzene rings is 3. The summed E-state index contributed by atoms with van der Waals surface area (Å²) >= 11 is 6.43. The van der Waals surface area contributed by atoms with E-state index in [1.165, 1.54) is 29.1 Å². The summed E-state index contributed by atoms with van der Waals surface area (Å²) in [5.74, 6) is -0.826. The van der Waals surface area contributed by atoms with Gasteiger partial charge in [-0.05, 0) is 59.7 Å². The highest BCUT2D eigenvalue weighted by Gasteiger charge is 2.25. The number of nitrogens with zero attached hydrogens (tertiary/aromatic N) is 1. The Hall–Kier alpha value is -3.84. The van der Waals surface area contributed by atoms with E-state index in [0.29, 0.717) is 16.1 Å². The number of aryl methyl sites for hydroxylation is 2. The van der Waals surface area contributed by atoms with Gasteiger partial charge in [0.15, 0.2) is 0 Å². The van der Waals surface area contributed by atoms with Crippen molar-refractivity contribution in [3.05, 3.63) is 105 Å². The lowest BCUT2D eigenvalue weighted by Gasteiger charge is -2.22. The third kappa shape index (κ3) is 6.30. The van der Waals surface area contributed by atoms with Gasteiger partial charge >= 0.3 is 12.0 Å². The molecule has 3 amide bonds. The zero-order chi connectivity index (χ0) is 26.4. The number of rotatable bonds is 7. The molecule has 0 radical (unpaired) electrons. The average molecular weight is 520 g/mol. The molecule has 0 saturated heterocycles. The molecule has 8 heteroatoms. The topological polar surface area (TPSA) is 87.7 Å². The number of esters is 1. The molecular formula is C29H30ClN3O4. The molecule has 3 aromatic rings. The Morgan fingerprint density at radius 2 is 1.59 bits per heavy atom. The number of likely N-dealkylation sites (N-methyl/N-ethyl adjacent to an activating group) is 1. The Labute approximate surface area is 221 Å². The summed E-state index contributed by atoms with van der Waals surface area (Å²) in [5.41, 5.74) is 5.64. The van der Waals surface area contributed by atoms with Crippen molar-refractivity contribution < 1.29 is 19.1 Å². The highest BCUT2D eigenvalue weighted by molar-refractivity contribution is 6.31. The van der Waals surface area contributed by atoms with Crippen LogP contribution in [0.5, 0.6) is 0 Å². The minimum atomic E-state index is -0.477. The van der Waals surface area contributed by atoms with E-state index in [1.807, 2.05) is 24.3 Å². The molecule has 2 N–H and O–H groups in total. The number of halogens is 1. The van der Waals surface area contributed by atoms with E-state index in [2.05, 4.69) is 34.9 Å². The first-order chi connectivity index (χ1) is 17.9. The third-order valence-electron chi connectivity index (χ3n) is 6.43. The van der Waals surface area contributed by atoms with E-state index in [-0.39, 0.29) is 37.7 Å². The Morgan fingerprint density at radius 1 is 0.973 bits per heavy atom. The lowest BCUT2D eigenvalue weighted by atomic mass is 9.95. The molecule has 0 heterocycles. The van der Waals surface area contributed by atoms with Crippen molar-refractivity contribution in [1.29, 1.82) is 0 Å². The highest BCUT2D eigenvalue weighted by Crippen LogP contribution is 2.32. The predicted molar refractivity (Wildman–Crippen MR) is 143 cm³/mol. The van der Waals surface area contributed by atoms with Crippen LogP contribution in [0.3, 0.4) is 0 Å². The van der Waals surface area contributed by atoms with Crippen LogP contribution in [0, 0.1) is 0 Å². The van der Waals surface area contributed by atoms with E-state index in [1.54, 1.807) is 19.1 Å². The standard InChI is InChI=1S/C29H30ClN3O4/c1-3-37-26(34)18-33(2)28(35)21-14-15-22(25(30)16-21)17-31-29(36)32-27-23-10-6-4-8-19(23)12-13-20-9-5-7-11-24(20)27/h4-11,14-16,27H,3,12-13,17-18H2,1-2H3,(H2,31,32,36). The van der Waals surface area contributed by atoms with Gasteiger partial charge in [-0.15, -0.1) is 0 Å². The van der Waals surface area contributed by atoms with Crippen molar-refractivity contribution in [1.82, 2.24) is 15.5 Å². The van der Waals surface area contributed by atoms with Crippen molar-refractivity contribution in [2.24, 2.45) is 0 Å². The molecule has 0 unspecified atom stereocenters. The zero-order valence-corrected chi connectivity index (χ0v) is 21.7. The Balaban J connectivity index is 1.42. The van der Waals surface area contributed by atoms with Gasteiger partial charge in [-0.2, -0.15) is 0 Å². The van der Waals surface area contributed by atoms with Crippen molar-refractivity contribution in [2.45, 2.75) is 32.4 Å². The van der Waals surface area contributed by atoms with E-state index in [4.69, 9.17) is 16.3 Å². The van der Waals surface area contributed by atoms with Crippen LogP contribution in [0.1, 0.15) is 51.1 Å². The van der Waals surface area contributed by atoms with Crippen molar-refractivity contribution in [2.75, 3.05) is 20.2 Å². The molecule has 1 aliphatic carbocycles. The molecule has 0 aromatic heterocycles. The van der Waals surface area contributed by atoms with Crippen molar-refractivity contribution in [3.63, 3.8) is 0 Å². The first-order valence-corrected chi connectivity index (χ1v) is 12.6. The molecule has 0 atom stereocenters. The third-order valence-corrected chi connectivity index (χ3v) is 6.78. The maximum Gasteiger partial charge on any atom is 0.325 e. The summed E-state index contributed by atoms with van der Waals surface area (Å²) in [6, 6.07) is 20.7. The van der Waals surface area contributed by atoms with Gasteiger partial charge in [-0.25, -0.2) is 4.79 Å². The SMILES string of the molecule is CCOC(=O)CN(C)C(=O)c1ccc(CNC(=O)NC2c3ccccc3CCc3ccccc32)c(Cl)c1. The first-order valence-electron chi connectivity index (χ1n) is 12.3. The van der Waals surface area contributed by atoms with Crippen LogP contribution in [-0.4, -0.2) is 43.0 Å². The summed E-state index contributed by atoms with van der Waals surface area (Å²) in [5, 5.41) is 6.37. The zero-order valence-electron chi connectivity index (χ0n) is 20.9. The van der Waals surface area contributed by atoms with E-state index in [9.17, 15) is 14.4 Å². The van der Waals surface area contributed by atoms with Gasteiger partial charge in [0.2, 0.25) is 0 Å². The second kappa shape index (κ2) is 11.9. The number of ether oxygens (including phenoxy) is 1. The second-order valence-electron chi connectivity index (χ2n) is 8.93. The van der Waals surface area contributed by atoms with Gasteiger partial charge in [0, 0.05) is 24.2 Å². The molecule has 37 heavy (non-hydrogen) atoms. The Kier molecular flexibility index (Phi) is 8.46. The Bertz CT molecular complexity index is 1260. The van der Waals surface area contributed by atoms with Gasteiger partial charge in [-0.3, -0.25) is 9.59 Å². The van der Waals surface area contributed by atoms with E-state index >= 15 is 0 Å². The highest BCUT2D eigenvalue weighted by atomic mass is 35.5. The summed E-state index contributed by atoms with van der Waals surface area (Å²) in [4.78, 5) is 38.6. The fourth-order valence-corrected chi connectivity index (χ4v) is 4.80. The van der Waals surface area contributed by atoms with Gasteiger partial charge in [0.1, 0.15) is 6.54 Å². The fraction of sp³-hybridized carbons (Fsp3) is 0.276. The second-order valence-corrected chi connectivity index (χ2v) is 9.34. The van der Waals surface area contributed by atoms with Crippen LogP contribution in [0.25, 0.3) is 0 Å². The maximum absolute atomic E-state index is 13.0. The normalized spacial score (nSPS) is 12.5. The van der Waals surface area contributed by atoms with Crippen molar-refractivity contribution >= 4 is 29.5 Å². The van der Waals surface area contributed by atoms with Crippen LogP contribution in [0.4, 0.5) is 4.79 Å². The average Bonchev–Trinajstić information content (AvgIpc) is 3.05. The van der Waals surface area contributed by atoms with E-state index < -0.39 is 5.97 Å². The lowest BCUT2D eigenvalue weighted by Crippen LogP contribution is -2.38. The number of fused-ring (bicyclic) bond motifs is 2. The number of carbonyl (C=O) groups excluding carboxylic acids is 3. The molecule has 0 bridgehead atoms. The number of hydrogen-bond donors (Lipinski definition) is 2.